The van der Waals surface area contributed by atoms with Crippen LogP contribution in [0.4, 0.5) is 5.82 Å². The quantitative estimate of drug-likeness (QED) is 0.661. The average molecular weight is 423 g/mol. The Bertz CT molecular complexity index is 1020. The Kier molecular flexibility index (Phi) is 5.12. The summed E-state index contributed by atoms with van der Waals surface area (Å²) < 4.78 is 0. The summed E-state index contributed by atoms with van der Waals surface area (Å²) in [7, 11) is 2.12. The molecule has 30 heavy (non-hydrogen) atoms. The number of hydrogen-bond donors (Lipinski definition) is 2. The molecule has 3 atom stereocenters. The third-order valence-corrected chi connectivity index (χ3v) is 7.18. The van der Waals surface area contributed by atoms with Gasteiger partial charge in [-0.1, -0.05) is 23.8 Å². The molecule has 1 aromatic carbocycles. The van der Waals surface area contributed by atoms with Crippen molar-refractivity contribution < 1.29 is 5.11 Å². The zero-order chi connectivity index (χ0) is 20.7. The third kappa shape index (κ3) is 3.77. The molecule has 2 aromatic heterocycles. The van der Waals surface area contributed by atoms with Gasteiger partial charge in [0.15, 0.2) is 5.82 Å². The minimum atomic E-state index is 0.168. The van der Waals surface area contributed by atoms with Crippen LogP contribution in [-0.2, 0) is 0 Å². The van der Waals surface area contributed by atoms with Crippen LogP contribution < -0.4 is 10.2 Å². The van der Waals surface area contributed by atoms with Crippen LogP contribution in [0.1, 0.15) is 37.1 Å². The summed E-state index contributed by atoms with van der Waals surface area (Å²) in [5, 5.41) is 33.1. The maximum atomic E-state index is 10.6. The molecular weight excluding hydrogens is 396 g/mol. The van der Waals surface area contributed by atoms with Crippen molar-refractivity contribution in [2.75, 3.05) is 11.9 Å². The first-order chi connectivity index (χ1) is 14.6. The van der Waals surface area contributed by atoms with E-state index in [0.717, 1.165) is 34.2 Å². The Hall–Kier alpha value is -2.58. The SMILES string of the molecule is Cc1nnc(-c2ccc(-c3ccc(N(C)C4C[C@H]5CCC[C@@H](C4)N5)nn3)c(O)c2)s1. The van der Waals surface area contributed by atoms with Gasteiger partial charge in [-0.3, -0.25) is 0 Å². The van der Waals surface area contributed by atoms with E-state index in [4.69, 9.17) is 0 Å². The number of benzene rings is 1. The number of nitrogens with one attached hydrogen (secondary N) is 1. The van der Waals surface area contributed by atoms with Crippen molar-refractivity contribution in [3.63, 3.8) is 0 Å². The molecule has 7 nitrogen and oxygen atoms in total. The number of aromatic nitrogens is 4. The van der Waals surface area contributed by atoms with Gasteiger partial charge in [0.2, 0.25) is 0 Å². The molecule has 0 saturated carbocycles. The lowest BCUT2D eigenvalue weighted by Crippen LogP contribution is -2.54. The van der Waals surface area contributed by atoms with Crippen LogP contribution in [0.5, 0.6) is 5.75 Å². The number of fused-ring (bicyclic) bond motifs is 2. The second-order valence-electron chi connectivity index (χ2n) is 8.36. The van der Waals surface area contributed by atoms with Crippen LogP contribution in [-0.4, -0.2) is 50.7 Å². The Morgan fingerprint density at radius 1 is 1.03 bits per heavy atom. The fraction of sp³-hybridized carbons (Fsp3) is 0.455. The highest BCUT2D eigenvalue weighted by atomic mass is 32.1. The van der Waals surface area contributed by atoms with E-state index in [1.54, 1.807) is 6.07 Å². The lowest BCUT2D eigenvalue weighted by Gasteiger charge is -2.43. The van der Waals surface area contributed by atoms with E-state index in [0.29, 0.717) is 29.4 Å². The number of aromatic hydroxyl groups is 1. The first kappa shape index (κ1) is 19.4. The standard InChI is InChI=1S/C22H26N6OS/c1-13-24-27-22(30-13)14-6-7-18(20(29)10-14)19-8-9-21(26-25-19)28(2)17-11-15-4-3-5-16(12-17)23-15/h6-10,15-17,23,29H,3-5,11-12H2,1-2H3/t15-,16+,17?. The number of phenolic OH excluding ortho intramolecular Hbond substituents is 1. The van der Waals surface area contributed by atoms with Gasteiger partial charge in [-0.25, -0.2) is 0 Å². The van der Waals surface area contributed by atoms with Crippen LogP contribution >= 0.6 is 11.3 Å². The molecule has 156 valence electrons. The fourth-order valence-corrected chi connectivity index (χ4v) is 5.38. The molecule has 4 heterocycles. The van der Waals surface area contributed by atoms with E-state index in [2.05, 4.69) is 37.7 Å². The summed E-state index contributed by atoms with van der Waals surface area (Å²) in [6, 6.07) is 11.2. The van der Waals surface area contributed by atoms with E-state index in [-0.39, 0.29) is 5.75 Å². The second-order valence-corrected chi connectivity index (χ2v) is 9.54. The molecule has 2 aliphatic rings. The highest BCUT2D eigenvalue weighted by Gasteiger charge is 2.33. The average Bonchev–Trinajstić information content (AvgIpc) is 3.19. The maximum absolute atomic E-state index is 10.6. The topological polar surface area (TPSA) is 87.1 Å². The highest BCUT2D eigenvalue weighted by molar-refractivity contribution is 7.14. The van der Waals surface area contributed by atoms with E-state index in [9.17, 15) is 5.11 Å². The van der Waals surface area contributed by atoms with Gasteiger partial charge in [-0.2, -0.15) is 0 Å². The monoisotopic (exact) mass is 422 g/mol. The van der Waals surface area contributed by atoms with Gasteiger partial charge in [-0.05, 0) is 56.9 Å². The Morgan fingerprint density at radius 2 is 1.83 bits per heavy atom. The maximum Gasteiger partial charge on any atom is 0.151 e. The fourth-order valence-electron chi connectivity index (χ4n) is 4.69. The van der Waals surface area contributed by atoms with E-state index in [1.165, 1.54) is 30.6 Å². The van der Waals surface area contributed by atoms with E-state index < -0.39 is 0 Å². The van der Waals surface area contributed by atoms with Crippen molar-refractivity contribution in [1.29, 1.82) is 0 Å². The van der Waals surface area contributed by atoms with Gasteiger partial charge in [-0.15, -0.1) is 20.4 Å². The summed E-state index contributed by atoms with van der Waals surface area (Å²) >= 11 is 1.50. The summed E-state index contributed by atoms with van der Waals surface area (Å²) in [5.41, 5.74) is 2.17. The number of rotatable bonds is 4. The van der Waals surface area contributed by atoms with Crippen molar-refractivity contribution in [1.82, 2.24) is 25.7 Å². The molecule has 0 aliphatic carbocycles. The molecule has 2 aliphatic heterocycles. The molecule has 3 aromatic rings. The molecule has 2 N–H and O–H groups in total. The summed E-state index contributed by atoms with van der Waals surface area (Å²) in [5.74, 6) is 1.05. The van der Waals surface area contributed by atoms with Gasteiger partial charge in [0.1, 0.15) is 15.8 Å². The van der Waals surface area contributed by atoms with Gasteiger partial charge < -0.3 is 15.3 Å². The lowest BCUT2D eigenvalue weighted by atomic mass is 9.83. The van der Waals surface area contributed by atoms with Gasteiger partial charge in [0, 0.05) is 36.3 Å². The molecule has 0 spiro atoms. The minimum Gasteiger partial charge on any atom is -0.507 e. The second kappa shape index (κ2) is 7.92. The smallest absolute Gasteiger partial charge is 0.151 e. The normalized spacial score (nSPS) is 23.3. The molecule has 0 amide bonds. The van der Waals surface area contributed by atoms with E-state index in [1.807, 2.05) is 31.2 Å². The molecule has 8 heteroatoms. The molecule has 2 saturated heterocycles. The number of aryl methyl sites for hydroxylation is 1. The van der Waals surface area contributed by atoms with Crippen molar-refractivity contribution in [3.05, 3.63) is 35.3 Å². The van der Waals surface area contributed by atoms with Gasteiger partial charge in [0.05, 0.1) is 5.69 Å². The highest BCUT2D eigenvalue weighted by Crippen LogP contribution is 2.34. The molecule has 2 bridgehead atoms. The van der Waals surface area contributed by atoms with Crippen LogP contribution in [0.15, 0.2) is 30.3 Å². The largest absolute Gasteiger partial charge is 0.507 e. The van der Waals surface area contributed by atoms with E-state index >= 15 is 0 Å². The minimum absolute atomic E-state index is 0.168. The Labute approximate surface area is 180 Å². The zero-order valence-electron chi connectivity index (χ0n) is 17.2. The van der Waals surface area contributed by atoms with Crippen LogP contribution in [0, 0.1) is 6.92 Å². The van der Waals surface area contributed by atoms with Gasteiger partial charge in [0.25, 0.3) is 0 Å². The van der Waals surface area contributed by atoms with Crippen LogP contribution in [0.3, 0.4) is 0 Å². The van der Waals surface area contributed by atoms with Crippen molar-refractivity contribution in [2.45, 2.75) is 57.2 Å². The number of nitrogens with zero attached hydrogens (tertiary/aromatic N) is 5. The first-order valence-corrected chi connectivity index (χ1v) is 11.3. The number of phenols is 1. The van der Waals surface area contributed by atoms with Crippen molar-refractivity contribution >= 4 is 17.2 Å². The third-order valence-electron chi connectivity index (χ3n) is 6.30. The Morgan fingerprint density at radius 3 is 2.47 bits per heavy atom. The molecule has 5 rings (SSSR count). The molecule has 1 unspecified atom stereocenters. The lowest BCUT2D eigenvalue weighted by molar-refractivity contribution is 0.219. The summed E-state index contributed by atoms with van der Waals surface area (Å²) in [4.78, 5) is 2.27. The van der Waals surface area contributed by atoms with Crippen molar-refractivity contribution in [2.24, 2.45) is 0 Å². The number of anilines is 1. The summed E-state index contributed by atoms with van der Waals surface area (Å²) in [6.07, 6.45) is 6.20. The predicted octanol–water partition coefficient (Wildman–Crippen LogP) is 3.79. The van der Waals surface area contributed by atoms with Crippen LogP contribution in [0.2, 0.25) is 0 Å². The number of hydrogen-bond acceptors (Lipinski definition) is 8. The molecule has 0 radical (unpaired) electrons. The summed E-state index contributed by atoms with van der Waals surface area (Å²) in [6.45, 7) is 1.92. The molecular formula is C22H26N6OS. The predicted molar refractivity (Wildman–Crippen MR) is 119 cm³/mol. The molecule has 2 fully saturated rings. The van der Waals surface area contributed by atoms with Gasteiger partial charge >= 0.3 is 0 Å². The number of piperidine rings is 2. The first-order valence-electron chi connectivity index (χ1n) is 10.5. The zero-order valence-corrected chi connectivity index (χ0v) is 18.1. The van der Waals surface area contributed by atoms with Crippen LogP contribution in [0.25, 0.3) is 21.8 Å². The van der Waals surface area contributed by atoms with Crippen molar-refractivity contribution in [3.8, 4) is 27.6 Å². The Balaban J connectivity index is 1.33.